The summed E-state index contributed by atoms with van der Waals surface area (Å²) in [4.78, 5) is 3.30. The molecule has 0 saturated carbocycles. The lowest BCUT2D eigenvalue weighted by molar-refractivity contribution is 0.0990. The second-order valence-corrected chi connectivity index (χ2v) is 6.66. The number of nitrogens with zero attached hydrogens (tertiary/aromatic N) is 1. The van der Waals surface area contributed by atoms with Gasteiger partial charge in [0.15, 0.2) is 0 Å². The van der Waals surface area contributed by atoms with E-state index >= 15 is 0 Å². The molecule has 2 atom stereocenters. The van der Waals surface area contributed by atoms with E-state index in [4.69, 9.17) is 18.0 Å². The summed E-state index contributed by atoms with van der Waals surface area (Å²) >= 11 is 5.11. The van der Waals surface area contributed by atoms with Gasteiger partial charge in [0, 0.05) is 17.5 Å². The average molecular weight is 256 g/mol. The number of hydrogen-bond donors (Lipinski definition) is 1. The average Bonchev–Trinajstić information content (AvgIpc) is 2.22. The summed E-state index contributed by atoms with van der Waals surface area (Å²) in [6, 6.07) is 1.48. The summed E-state index contributed by atoms with van der Waals surface area (Å²) in [6.45, 7) is 10.2. The highest BCUT2D eigenvalue weighted by molar-refractivity contribution is 7.80. The van der Waals surface area contributed by atoms with Gasteiger partial charge in [-0.1, -0.05) is 32.5 Å². The third-order valence-electron chi connectivity index (χ3n) is 4.26. The molecular formula is C14H28N2S. The summed E-state index contributed by atoms with van der Waals surface area (Å²) < 4.78 is 0. The molecule has 0 aromatic carbocycles. The third-order valence-corrected chi connectivity index (χ3v) is 4.81. The molecule has 0 radical (unpaired) electrons. The normalized spacial score (nSPS) is 27.1. The second kappa shape index (κ2) is 6.14. The summed E-state index contributed by atoms with van der Waals surface area (Å²) in [5, 5.41) is 0. The second-order valence-electron chi connectivity index (χ2n) is 6.22. The topological polar surface area (TPSA) is 29.3 Å². The van der Waals surface area contributed by atoms with Crippen molar-refractivity contribution in [1.82, 2.24) is 4.90 Å². The van der Waals surface area contributed by atoms with Crippen molar-refractivity contribution in [2.75, 3.05) is 6.54 Å². The lowest BCUT2D eigenvalue weighted by Crippen LogP contribution is -2.44. The highest BCUT2D eigenvalue weighted by atomic mass is 32.1. The lowest BCUT2D eigenvalue weighted by atomic mass is 9.87. The monoisotopic (exact) mass is 256 g/mol. The Morgan fingerprint density at radius 2 is 1.82 bits per heavy atom. The van der Waals surface area contributed by atoms with Gasteiger partial charge in [-0.3, -0.25) is 4.90 Å². The fourth-order valence-corrected chi connectivity index (χ4v) is 2.84. The predicted octanol–water partition coefficient (Wildman–Crippen LogP) is 3.34. The van der Waals surface area contributed by atoms with E-state index in [1.165, 1.54) is 32.2 Å². The van der Waals surface area contributed by atoms with Crippen LogP contribution in [0.5, 0.6) is 0 Å². The van der Waals surface area contributed by atoms with Gasteiger partial charge < -0.3 is 5.73 Å². The molecule has 3 heteroatoms. The molecule has 0 aromatic heterocycles. The zero-order valence-corrected chi connectivity index (χ0v) is 12.6. The van der Waals surface area contributed by atoms with E-state index in [2.05, 4.69) is 32.6 Å². The number of likely N-dealkylation sites (tertiary alicyclic amines) is 1. The first-order valence-corrected chi connectivity index (χ1v) is 7.31. The number of thiocarbonyl (C=S) groups is 1. The van der Waals surface area contributed by atoms with Crippen LogP contribution in [0, 0.1) is 5.41 Å². The Morgan fingerprint density at radius 3 is 2.29 bits per heavy atom. The van der Waals surface area contributed by atoms with Gasteiger partial charge in [0.05, 0.1) is 4.99 Å². The van der Waals surface area contributed by atoms with Gasteiger partial charge >= 0.3 is 0 Å². The van der Waals surface area contributed by atoms with E-state index < -0.39 is 0 Å². The van der Waals surface area contributed by atoms with Crippen molar-refractivity contribution in [3.05, 3.63) is 0 Å². The molecule has 2 N–H and O–H groups in total. The van der Waals surface area contributed by atoms with Crippen LogP contribution in [0.15, 0.2) is 0 Å². The highest BCUT2D eigenvalue weighted by Gasteiger charge is 2.26. The molecule has 0 spiro atoms. The summed E-state index contributed by atoms with van der Waals surface area (Å²) in [5.74, 6) is 0. The Kier molecular flexibility index (Phi) is 5.39. The summed E-state index contributed by atoms with van der Waals surface area (Å²) in [7, 11) is 0. The maximum atomic E-state index is 5.76. The van der Waals surface area contributed by atoms with Crippen molar-refractivity contribution >= 4 is 17.2 Å². The molecule has 1 aliphatic heterocycles. The number of nitrogens with two attached hydrogens (primary N) is 1. The van der Waals surface area contributed by atoms with Gasteiger partial charge in [-0.2, -0.15) is 0 Å². The van der Waals surface area contributed by atoms with Crippen molar-refractivity contribution < 1.29 is 0 Å². The zero-order chi connectivity index (χ0) is 13.1. The predicted molar refractivity (Wildman–Crippen MR) is 79.3 cm³/mol. The van der Waals surface area contributed by atoms with Gasteiger partial charge in [0.25, 0.3) is 0 Å². The van der Waals surface area contributed by atoms with Crippen LogP contribution in [0.25, 0.3) is 0 Å². The Bertz CT molecular complexity index is 253. The molecule has 1 fully saturated rings. The first-order chi connectivity index (χ1) is 7.84. The minimum absolute atomic E-state index is 0.0115. The standard InChI is InChI=1S/C14H28N2S/c1-11-7-5-8-12(2)16(11)10-6-9-14(3,4)13(15)17/h11-12H,5-10H2,1-4H3,(H2,15,17). The zero-order valence-electron chi connectivity index (χ0n) is 11.8. The van der Waals surface area contributed by atoms with Gasteiger partial charge in [0.2, 0.25) is 0 Å². The first-order valence-electron chi connectivity index (χ1n) is 6.90. The quantitative estimate of drug-likeness (QED) is 0.765. The van der Waals surface area contributed by atoms with Gasteiger partial charge in [-0.15, -0.1) is 0 Å². The largest absolute Gasteiger partial charge is 0.393 e. The maximum absolute atomic E-state index is 5.76. The fraction of sp³-hybridized carbons (Fsp3) is 0.929. The van der Waals surface area contributed by atoms with Crippen LogP contribution in [0.4, 0.5) is 0 Å². The van der Waals surface area contributed by atoms with Gasteiger partial charge in [-0.25, -0.2) is 0 Å². The minimum Gasteiger partial charge on any atom is -0.393 e. The van der Waals surface area contributed by atoms with E-state index in [1.54, 1.807) is 0 Å². The molecule has 2 nitrogen and oxygen atoms in total. The van der Waals surface area contributed by atoms with E-state index in [-0.39, 0.29) is 5.41 Å². The van der Waals surface area contributed by atoms with Crippen LogP contribution in [0.2, 0.25) is 0 Å². The summed E-state index contributed by atoms with van der Waals surface area (Å²) in [6.07, 6.45) is 6.38. The molecule has 1 rings (SSSR count). The van der Waals surface area contributed by atoms with Crippen LogP contribution < -0.4 is 5.73 Å². The third kappa shape index (κ3) is 4.22. The molecule has 100 valence electrons. The van der Waals surface area contributed by atoms with Crippen molar-refractivity contribution in [3.63, 3.8) is 0 Å². The Labute approximate surface area is 112 Å². The Balaban J connectivity index is 2.37. The maximum Gasteiger partial charge on any atom is 0.0784 e. The Morgan fingerprint density at radius 1 is 1.29 bits per heavy atom. The minimum atomic E-state index is 0.0115. The summed E-state index contributed by atoms with van der Waals surface area (Å²) in [5.41, 5.74) is 5.77. The smallest absolute Gasteiger partial charge is 0.0784 e. The molecule has 0 amide bonds. The molecule has 0 aromatic rings. The van der Waals surface area contributed by atoms with Gasteiger partial charge in [0.1, 0.15) is 0 Å². The number of hydrogen-bond acceptors (Lipinski definition) is 2. The highest BCUT2D eigenvalue weighted by Crippen LogP contribution is 2.26. The molecule has 1 heterocycles. The van der Waals surface area contributed by atoms with E-state index in [1.807, 2.05) is 0 Å². The van der Waals surface area contributed by atoms with Crippen molar-refractivity contribution in [3.8, 4) is 0 Å². The van der Waals surface area contributed by atoms with Crippen LogP contribution in [0.3, 0.4) is 0 Å². The number of piperidine rings is 1. The number of rotatable bonds is 5. The van der Waals surface area contributed by atoms with E-state index in [0.29, 0.717) is 4.99 Å². The van der Waals surface area contributed by atoms with E-state index in [0.717, 1.165) is 18.5 Å². The molecule has 0 bridgehead atoms. The van der Waals surface area contributed by atoms with Crippen LogP contribution in [-0.2, 0) is 0 Å². The fourth-order valence-electron chi connectivity index (χ4n) is 2.74. The van der Waals surface area contributed by atoms with Crippen molar-refractivity contribution in [1.29, 1.82) is 0 Å². The van der Waals surface area contributed by atoms with E-state index in [9.17, 15) is 0 Å². The van der Waals surface area contributed by atoms with Crippen LogP contribution in [-0.4, -0.2) is 28.5 Å². The molecule has 0 aliphatic carbocycles. The van der Waals surface area contributed by atoms with Crippen LogP contribution >= 0.6 is 12.2 Å². The Hall–Kier alpha value is -0.150. The molecule has 17 heavy (non-hydrogen) atoms. The van der Waals surface area contributed by atoms with Crippen LogP contribution in [0.1, 0.15) is 59.8 Å². The first kappa shape index (κ1) is 14.9. The SMILES string of the molecule is CC1CCCC(C)N1CCCC(C)(C)C(N)=S. The molecule has 2 unspecified atom stereocenters. The van der Waals surface area contributed by atoms with Gasteiger partial charge in [-0.05, 0) is 46.1 Å². The molecule has 1 aliphatic rings. The molecule has 1 saturated heterocycles. The molecular weight excluding hydrogens is 228 g/mol. The van der Waals surface area contributed by atoms with Crippen molar-refractivity contribution in [2.24, 2.45) is 11.1 Å². The van der Waals surface area contributed by atoms with Crippen molar-refractivity contribution in [2.45, 2.75) is 71.9 Å². The lowest BCUT2D eigenvalue weighted by Gasteiger charge is -2.39.